The first kappa shape index (κ1) is 19.7. The lowest BCUT2D eigenvalue weighted by Gasteiger charge is -2.41. The number of hydrogen-bond acceptors (Lipinski definition) is 6. The summed E-state index contributed by atoms with van der Waals surface area (Å²) in [5.74, 6) is 1.70. The molecular formula is C23H31FN6. The van der Waals surface area contributed by atoms with Crippen molar-refractivity contribution in [2.24, 2.45) is 4.99 Å². The average Bonchev–Trinajstić information content (AvgIpc) is 3.12. The monoisotopic (exact) mass is 410 g/mol. The topological polar surface area (TPSA) is 47.0 Å². The number of rotatable bonds is 3. The Bertz CT molecular complexity index is 872. The Labute approximate surface area is 178 Å². The number of aliphatic imine (C=N–C) groups is 1. The molecule has 6 nitrogen and oxygen atoms in total. The smallest absolute Gasteiger partial charge is 0.203 e. The number of pyridine rings is 1. The summed E-state index contributed by atoms with van der Waals surface area (Å²) in [6, 6.07) is 3.85. The Morgan fingerprint density at radius 1 is 1.17 bits per heavy atom. The van der Waals surface area contributed by atoms with Crippen LogP contribution in [0.25, 0.3) is 0 Å². The number of halogens is 1. The van der Waals surface area contributed by atoms with Crippen LogP contribution in [0.1, 0.15) is 36.6 Å². The molecule has 4 aliphatic heterocycles. The lowest BCUT2D eigenvalue weighted by Crippen LogP contribution is -2.53. The average molecular weight is 411 g/mol. The second-order valence-electron chi connectivity index (χ2n) is 8.86. The van der Waals surface area contributed by atoms with E-state index in [1.807, 2.05) is 35.4 Å². The van der Waals surface area contributed by atoms with Gasteiger partial charge in [0.15, 0.2) is 0 Å². The molecule has 0 spiro atoms. The number of likely N-dealkylation sites (N-methyl/N-ethyl adjacent to an activating group) is 1. The first-order valence-electron chi connectivity index (χ1n) is 11.1. The fourth-order valence-corrected chi connectivity index (χ4v) is 5.11. The van der Waals surface area contributed by atoms with E-state index in [-0.39, 0.29) is 12.1 Å². The highest BCUT2D eigenvalue weighted by Gasteiger charge is 2.45. The van der Waals surface area contributed by atoms with Gasteiger partial charge in [0, 0.05) is 38.4 Å². The molecule has 5 heterocycles. The molecule has 2 fully saturated rings. The van der Waals surface area contributed by atoms with Gasteiger partial charge in [-0.05, 0) is 57.0 Å². The van der Waals surface area contributed by atoms with Crippen molar-refractivity contribution >= 4 is 5.84 Å². The number of aryl methyl sites for hydroxylation is 1. The molecule has 0 bridgehead atoms. The number of hydrogen-bond donors (Lipinski definition) is 1. The van der Waals surface area contributed by atoms with Gasteiger partial charge in [0.05, 0.1) is 11.7 Å². The SMILES string of the molecule is Cc1cccnc1[C@@H]1CCC[C@H](C2N=C3C=CC=C(N4CCN(C)CC4)N3C2F)N1. The Morgan fingerprint density at radius 2 is 2.00 bits per heavy atom. The molecule has 1 N–H and O–H groups in total. The summed E-state index contributed by atoms with van der Waals surface area (Å²) >= 11 is 0. The van der Waals surface area contributed by atoms with Crippen LogP contribution in [-0.2, 0) is 0 Å². The van der Waals surface area contributed by atoms with Gasteiger partial charge in [-0.15, -0.1) is 0 Å². The van der Waals surface area contributed by atoms with E-state index < -0.39 is 12.3 Å². The number of piperidine rings is 1. The maximum absolute atomic E-state index is 15.8. The van der Waals surface area contributed by atoms with Gasteiger partial charge in [0.1, 0.15) is 17.7 Å². The minimum Gasteiger partial charge on any atom is -0.355 e. The van der Waals surface area contributed by atoms with Gasteiger partial charge in [-0.1, -0.05) is 12.1 Å². The summed E-state index contributed by atoms with van der Waals surface area (Å²) in [5, 5.41) is 3.69. The number of aromatic nitrogens is 1. The van der Waals surface area contributed by atoms with E-state index in [0.29, 0.717) is 0 Å². The molecule has 1 aromatic heterocycles. The zero-order chi connectivity index (χ0) is 20.7. The molecule has 4 aliphatic rings. The van der Waals surface area contributed by atoms with Crippen LogP contribution in [0.4, 0.5) is 4.39 Å². The van der Waals surface area contributed by atoms with Crippen molar-refractivity contribution in [2.75, 3.05) is 33.2 Å². The lowest BCUT2D eigenvalue weighted by atomic mass is 9.90. The number of nitrogens with one attached hydrogen (secondary N) is 1. The van der Waals surface area contributed by atoms with E-state index in [1.165, 1.54) is 5.56 Å². The van der Waals surface area contributed by atoms with Gasteiger partial charge in [-0.2, -0.15) is 0 Å². The summed E-state index contributed by atoms with van der Waals surface area (Å²) in [5.41, 5.74) is 2.27. The van der Waals surface area contributed by atoms with Crippen LogP contribution in [0.15, 0.2) is 47.4 Å². The Hall–Kier alpha value is -2.25. The molecule has 160 valence electrons. The first-order chi connectivity index (χ1) is 14.6. The normalized spacial score (nSPS) is 32.1. The summed E-state index contributed by atoms with van der Waals surface area (Å²) in [4.78, 5) is 15.9. The Balaban J connectivity index is 1.33. The van der Waals surface area contributed by atoms with Crippen molar-refractivity contribution in [3.05, 3.63) is 53.6 Å². The molecule has 2 saturated heterocycles. The number of amidine groups is 1. The molecule has 5 rings (SSSR count). The van der Waals surface area contributed by atoms with Gasteiger partial charge in [-0.25, -0.2) is 4.39 Å². The number of alkyl halides is 1. The van der Waals surface area contributed by atoms with Crippen molar-refractivity contribution < 1.29 is 4.39 Å². The maximum atomic E-state index is 15.8. The second kappa shape index (κ2) is 8.12. The molecule has 0 saturated carbocycles. The summed E-state index contributed by atoms with van der Waals surface area (Å²) < 4.78 is 15.8. The highest BCUT2D eigenvalue weighted by atomic mass is 19.1. The van der Waals surface area contributed by atoms with E-state index in [4.69, 9.17) is 4.99 Å². The van der Waals surface area contributed by atoms with E-state index in [2.05, 4.69) is 40.1 Å². The summed E-state index contributed by atoms with van der Waals surface area (Å²) in [7, 11) is 2.14. The zero-order valence-corrected chi connectivity index (χ0v) is 17.8. The minimum absolute atomic E-state index is 0.0143. The molecule has 30 heavy (non-hydrogen) atoms. The van der Waals surface area contributed by atoms with Crippen LogP contribution < -0.4 is 5.32 Å². The van der Waals surface area contributed by atoms with E-state index >= 15 is 4.39 Å². The second-order valence-corrected chi connectivity index (χ2v) is 8.86. The van der Waals surface area contributed by atoms with Crippen LogP contribution >= 0.6 is 0 Å². The first-order valence-corrected chi connectivity index (χ1v) is 11.1. The van der Waals surface area contributed by atoms with Crippen LogP contribution in [0.2, 0.25) is 0 Å². The van der Waals surface area contributed by atoms with Crippen molar-refractivity contribution in [1.29, 1.82) is 0 Å². The highest BCUT2D eigenvalue weighted by Crippen LogP contribution is 2.35. The van der Waals surface area contributed by atoms with E-state index in [0.717, 1.165) is 62.8 Å². The molecule has 2 unspecified atom stereocenters. The number of nitrogens with zero attached hydrogens (tertiary/aromatic N) is 5. The van der Waals surface area contributed by atoms with Crippen LogP contribution in [0.5, 0.6) is 0 Å². The molecule has 7 heteroatoms. The van der Waals surface area contributed by atoms with Gasteiger partial charge in [0.2, 0.25) is 6.30 Å². The number of allylic oxidation sites excluding steroid dienone is 2. The van der Waals surface area contributed by atoms with Crippen molar-refractivity contribution in [3.8, 4) is 0 Å². The third kappa shape index (κ3) is 3.54. The molecular weight excluding hydrogens is 379 g/mol. The molecule has 0 radical (unpaired) electrons. The van der Waals surface area contributed by atoms with Gasteiger partial charge in [0.25, 0.3) is 0 Å². The Kier molecular flexibility index (Phi) is 5.33. The number of piperazine rings is 1. The standard InChI is InChI=1S/C23H31FN6/c1-16-6-5-11-25-21(16)17-7-3-8-18(26-17)22-23(24)30-19(27-22)9-4-10-20(30)29-14-12-28(2)13-15-29/h4-6,9-11,17-18,22-23,26H,3,7-8,12-15H2,1-2H3/t17-,18+,22?,23?/m0/s1. The third-order valence-electron chi connectivity index (χ3n) is 6.84. The minimum atomic E-state index is -1.14. The fraction of sp³-hybridized carbons (Fsp3) is 0.565. The third-order valence-corrected chi connectivity index (χ3v) is 6.84. The molecule has 0 aliphatic carbocycles. The number of fused-ring (bicyclic) bond motifs is 1. The predicted molar refractivity (Wildman–Crippen MR) is 117 cm³/mol. The molecule has 1 aromatic rings. The summed E-state index contributed by atoms with van der Waals surface area (Å²) in [6.45, 7) is 5.92. The van der Waals surface area contributed by atoms with E-state index in [1.54, 1.807) is 0 Å². The summed E-state index contributed by atoms with van der Waals surface area (Å²) in [6.07, 6.45) is 9.72. The maximum Gasteiger partial charge on any atom is 0.203 e. The van der Waals surface area contributed by atoms with Crippen LogP contribution in [-0.4, -0.2) is 77.1 Å². The Morgan fingerprint density at radius 3 is 2.80 bits per heavy atom. The van der Waals surface area contributed by atoms with Gasteiger partial charge >= 0.3 is 0 Å². The van der Waals surface area contributed by atoms with E-state index in [9.17, 15) is 0 Å². The van der Waals surface area contributed by atoms with Crippen molar-refractivity contribution in [1.82, 2.24) is 25.0 Å². The largest absolute Gasteiger partial charge is 0.355 e. The van der Waals surface area contributed by atoms with Crippen LogP contribution in [0, 0.1) is 6.92 Å². The van der Waals surface area contributed by atoms with Gasteiger partial charge < -0.3 is 15.1 Å². The quantitative estimate of drug-likeness (QED) is 0.777. The van der Waals surface area contributed by atoms with Gasteiger partial charge in [-0.3, -0.25) is 14.9 Å². The van der Waals surface area contributed by atoms with Crippen molar-refractivity contribution in [3.63, 3.8) is 0 Å². The lowest BCUT2D eigenvalue weighted by molar-refractivity contribution is 0.0917. The predicted octanol–water partition coefficient (Wildman–Crippen LogP) is 2.61. The molecule has 0 amide bonds. The molecule has 0 aromatic carbocycles. The van der Waals surface area contributed by atoms with Crippen molar-refractivity contribution in [2.45, 2.75) is 50.6 Å². The highest BCUT2D eigenvalue weighted by molar-refractivity contribution is 5.97. The zero-order valence-electron chi connectivity index (χ0n) is 17.8. The van der Waals surface area contributed by atoms with Crippen LogP contribution in [0.3, 0.4) is 0 Å². The fourth-order valence-electron chi connectivity index (χ4n) is 5.11. The molecule has 4 atom stereocenters.